The molecule has 2 heterocycles. The van der Waals surface area contributed by atoms with Gasteiger partial charge in [0.15, 0.2) is 0 Å². The maximum Gasteiger partial charge on any atom is 0.326 e. The molecule has 6 heteroatoms. The van der Waals surface area contributed by atoms with Crippen LogP contribution in [-0.4, -0.2) is 39.5 Å². The lowest BCUT2D eigenvalue weighted by molar-refractivity contribution is -0.146. The van der Waals surface area contributed by atoms with Gasteiger partial charge >= 0.3 is 5.97 Å². The molecule has 0 radical (unpaired) electrons. The first kappa shape index (κ1) is 13.2. The number of hydrogen-bond donors (Lipinski definition) is 1. The van der Waals surface area contributed by atoms with Gasteiger partial charge in [-0.1, -0.05) is 0 Å². The molecule has 1 atom stereocenters. The van der Waals surface area contributed by atoms with Crippen molar-refractivity contribution in [2.45, 2.75) is 18.9 Å². The summed E-state index contributed by atoms with van der Waals surface area (Å²) in [5.41, 5.74) is 0.458. The number of rotatable bonds is 3. The van der Waals surface area contributed by atoms with Crippen molar-refractivity contribution in [1.29, 1.82) is 0 Å². The molecule has 1 amide bonds. The molecule has 0 spiro atoms. The number of likely N-dealkylation sites (tertiary alicyclic amines) is 1. The number of amides is 1. The van der Waals surface area contributed by atoms with Gasteiger partial charge in [0.05, 0.1) is 6.20 Å². The highest BCUT2D eigenvalue weighted by atomic mass is 19.1. The number of carbonyl (C=O) groups excluding carboxylic acids is 1. The summed E-state index contributed by atoms with van der Waals surface area (Å²) >= 11 is 0. The van der Waals surface area contributed by atoms with Gasteiger partial charge in [-0.2, -0.15) is 0 Å². The fourth-order valence-corrected chi connectivity index (χ4v) is 2.07. The van der Waals surface area contributed by atoms with Crippen LogP contribution in [0.1, 0.15) is 18.4 Å². The van der Waals surface area contributed by atoms with E-state index in [-0.39, 0.29) is 5.91 Å². The predicted octanol–water partition coefficient (Wildman–Crippen LogP) is 1.31. The van der Waals surface area contributed by atoms with E-state index in [0.717, 1.165) is 6.20 Å². The fourth-order valence-electron chi connectivity index (χ4n) is 2.07. The summed E-state index contributed by atoms with van der Waals surface area (Å²) in [6, 6.07) is 0.484. The molecule has 1 saturated heterocycles. The second-order valence-corrected chi connectivity index (χ2v) is 4.30. The van der Waals surface area contributed by atoms with Gasteiger partial charge in [-0.05, 0) is 30.5 Å². The van der Waals surface area contributed by atoms with Crippen molar-refractivity contribution in [1.82, 2.24) is 9.88 Å². The molecule has 0 aromatic carbocycles. The van der Waals surface area contributed by atoms with Crippen LogP contribution < -0.4 is 0 Å². The molecule has 0 saturated carbocycles. The number of nitrogens with zero attached hydrogens (tertiary/aromatic N) is 2. The SMILES string of the molecule is O=C(O)[C@H]1CCCN1C(=O)C=Cc1cncc(F)c1. The minimum atomic E-state index is -0.994. The van der Waals surface area contributed by atoms with Gasteiger partial charge in [0.25, 0.3) is 0 Å². The monoisotopic (exact) mass is 264 g/mol. The number of halogens is 1. The second-order valence-electron chi connectivity index (χ2n) is 4.30. The molecule has 1 fully saturated rings. The number of pyridine rings is 1. The Morgan fingerprint density at radius 2 is 2.26 bits per heavy atom. The van der Waals surface area contributed by atoms with Crippen LogP contribution in [0, 0.1) is 5.82 Å². The molecular formula is C13H13FN2O3. The van der Waals surface area contributed by atoms with Crippen LogP contribution in [0.3, 0.4) is 0 Å². The zero-order valence-electron chi connectivity index (χ0n) is 10.1. The van der Waals surface area contributed by atoms with Gasteiger partial charge < -0.3 is 10.0 Å². The highest BCUT2D eigenvalue weighted by Crippen LogP contribution is 2.18. The molecule has 2 rings (SSSR count). The first-order chi connectivity index (χ1) is 9.08. The van der Waals surface area contributed by atoms with Gasteiger partial charge in [0, 0.05) is 18.8 Å². The largest absolute Gasteiger partial charge is 0.480 e. The number of aromatic nitrogens is 1. The van der Waals surface area contributed by atoms with Crippen LogP contribution >= 0.6 is 0 Å². The Morgan fingerprint density at radius 1 is 1.47 bits per heavy atom. The van der Waals surface area contributed by atoms with E-state index >= 15 is 0 Å². The molecule has 1 aromatic rings. The molecule has 1 N–H and O–H groups in total. The van der Waals surface area contributed by atoms with Crippen molar-refractivity contribution >= 4 is 18.0 Å². The number of aliphatic carboxylic acids is 1. The molecule has 1 aliphatic heterocycles. The third-order valence-electron chi connectivity index (χ3n) is 2.97. The Bertz CT molecular complexity index is 530. The molecule has 0 aliphatic carbocycles. The molecule has 0 bridgehead atoms. The minimum Gasteiger partial charge on any atom is -0.480 e. The highest BCUT2D eigenvalue weighted by Gasteiger charge is 2.32. The predicted molar refractivity (Wildman–Crippen MR) is 65.6 cm³/mol. The van der Waals surface area contributed by atoms with E-state index in [0.29, 0.717) is 24.9 Å². The number of carboxylic acids is 1. The van der Waals surface area contributed by atoms with Gasteiger partial charge in [0.1, 0.15) is 11.9 Å². The third-order valence-corrected chi connectivity index (χ3v) is 2.97. The third kappa shape index (κ3) is 3.15. The fraction of sp³-hybridized carbons (Fsp3) is 0.308. The number of carbonyl (C=O) groups is 2. The zero-order chi connectivity index (χ0) is 13.8. The summed E-state index contributed by atoms with van der Waals surface area (Å²) in [7, 11) is 0. The number of carboxylic acid groups (broad SMARTS) is 1. The van der Waals surface area contributed by atoms with E-state index in [1.807, 2.05) is 0 Å². The smallest absolute Gasteiger partial charge is 0.326 e. The van der Waals surface area contributed by atoms with E-state index in [4.69, 9.17) is 5.11 Å². The quantitative estimate of drug-likeness (QED) is 0.836. The Hall–Kier alpha value is -2.24. The Morgan fingerprint density at radius 3 is 2.95 bits per heavy atom. The van der Waals surface area contributed by atoms with Crippen molar-refractivity contribution in [3.05, 3.63) is 35.9 Å². The summed E-state index contributed by atoms with van der Waals surface area (Å²) in [5, 5.41) is 8.98. The van der Waals surface area contributed by atoms with E-state index in [9.17, 15) is 14.0 Å². The normalized spacial score (nSPS) is 19.0. The minimum absolute atomic E-state index is 0.380. The lowest BCUT2D eigenvalue weighted by Crippen LogP contribution is -2.39. The maximum absolute atomic E-state index is 12.9. The molecule has 100 valence electrons. The first-order valence-corrected chi connectivity index (χ1v) is 5.90. The molecular weight excluding hydrogens is 251 g/mol. The van der Waals surface area contributed by atoms with E-state index in [1.165, 1.54) is 29.3 Å². The average Bonchev–Trinajstić information content (AvgIpc) is 2.85. The van der Waals surface area contributed by atoms with Crippen LogP contribution in [0.4, 0.5) is 4.39 Å². The van der Waals surface area contributed by atoms with Gasteiger partial charge in [-0.3, -0.25) is 9.78 Å². The molecule has 19 heavy (non-hydrogen) atoms. The van der Waals surface area contributed by atoms with Crippen LogP contribution in [0.15, 0.2) is 24.5 Å². The summed E-state index contributed by atoms with van der Waals surface area (Å²) in [6.07, 6.45) is 6.31. The molecule has 1 aliphatic rings. The second kappa shape index (κ2) is 5.60. The maximum atomic E-state index is 12.9. The van der Waals surface area contributed by atoms with Crippen molar-refractivity contribution < 1.29 is 19.1 Å². The van der Waals surface area contributed by atoms with Crippen molar-refractivity contribution in [3.8, 4) is 0 Å². The summed E-state index contributed by atoms with van der Waals surface area (Å²) in [6.45, 7) is 0.432. The van der Waals surface area contributed by atoms with E-state index in [1.54, 1.807) is 0 Å². The zero-order valence-corrected chi connectivity index (χ0v) is 10.1. The van der Waals surface area contributed by atoms with Gasteiger partial charge in [0.2, 0.25) is 5.91 Å². The number of hydrogen-bond acceptors (Lipinski definition) is 3. The van der Waals surface area contributed by atoms with Crippen molar-refractivity contribution in [2.75, 3.05) is 6.54 Å². The van der Waals surface area contributed by atoms with Crippen LogP contribution in [0.5, 0.6) is 0 Å². The standard InChI is InChI=1S/C13H13FN2O3/c14-10-6-9(7-15-8-10)3-4-12(17)16-5-1-2-11(16)13(18)19/h3-4,6-8,11H,1-2,5H2,(H,18,19)/t11-/m1/s1. The highest BCUT2D eigenvalue weighted by molar-refractivity contribution is 5.94. The van der Waals surface area contributed by atoms with Crippen LogP contribution in [0.2, 0.25) is 0 Å². The van der Waals surface area contributed by atoms with Crippen molar-refractivity contribution in [2.24, 2.45) is 0 Å². The topological polar surface area (TPSA) is 70.5 Å². The average molecular weight is 264 g/mol. The van der Waals surface area contributed by atoms with Crippen LogP contribution in [-0.2, 0) is 9.59 Å². The van der Waals surface area contributed by atoms with E-state index in [2.05, 4.69) is 4.98 Å². The Balaban J connectivity index is 2.06. The van der Waals surface area contributed by atoms with Crippen LogP contribution in [0.25, 0.3) is 6.08 Å². The molecule has 0 unspecified atom stereocenters. The van der Waals surface area contributed by atoms with Gasteiger partial charge in [-0.25, -0.2) is 9.18 Å². The lowest BCUT2D eigenvalue weighted by atomic mass is 10.2. The Labute approximate surface area is 109 Å². The van der Waals surface area contributed by atoms with E-state index < -0.39 is 17.8 Å². The summed E-state index contributed by atoms with van der Waals surface area (Å²) in [5.74, 6) is -1.86. The lowest BCUT2D eigenvalue weighted by Gasteiger charge is -2.19. The van der Waals surface area contributed by atoms with Crippen molar-refractivity contribution in [3.63, 3.8) is 0 Å². The summed E-state index contributed by atoms with van der Waals surface area (Å²) < 4.78 is 12.9. The molecule has 1 aromatic heterocycles. The first-order valence-electron chi connectivity index (χ1n) is 5.90. The van der Waals surface area contributed by atoms with Gasteiger partial charge in [-0.15, -0.1) is 0 Å². The molecule has 5 nitrogen and oxygen atoms in total. The summed E-state index contributed by atoms with van der Waals surface area (Å²) in [4.78, 5) is 27.8. The Kier molecular flexibility index (Phi) is 3.89.